The maximum atomic E-state index is 5.50. The topological polar surface area (TPSA) is 74.7 Å². The van der Waals surface area contributed by atoms with E-state index in [1.807, 2.05) is 48.5 Å². The van der Waals surface area contributed by atoms with Gasteiger partial charge in [0.25, 0.3) is 0 Å². The number of rotatable bonds is 7. The molecule has 0 saturated carbocycles. The van der Waals surface area contributed by atoms with Crippen LogP contribution in [0.3, 0.4) is 0 Å². The van der Waals surface area contributed by atoms with Crippen LogP contribution in [0.1, 0.15) is 0 Å². The molecule has 0 radical (unpaired) electrons. The summed E-state index contributed by atoms with van der Waals surface area (Å²) in [6.07, 6.45) is 0. The van der Waals surface area contributed by atoms with Crippen LogP contribution in [-0.4, -0.2) is 45.5 Å². The Labute approximate surface area is 186 Å². The third-order valence-corrected chi connectivity index (χ3v) is 5.29. The molecule has 32 heavy (non-hydrogen) atoms. The quantitative estimate of drug-likeness (QED) is 0.439. The van der Waals surface area contributed by atoms with E-state index in [-0.39, 0.29) is 0 Å². The molecule has 0 aliphatic carbocycles. The van der Waals surface area contributed by atoms with E-state index >= 15 is 0 Å². The van der Waals surface area contributed by atoms with Crippen molar-refractivity contribution in [2.45, 2.75) is 0 Å². The maximum Gasteiger partial charge on any atom is 0.223 e. The van der Waals surface area contributed by atoms with Crippen LogP contribution < -0.4 is 24.3 Å². The first-order valence-corrected chi connectivity index (χ1v) is 10.1. The number of anilines is 1. The first-order valence-electron chi connectivity index (χ1n) is 10.1. The molecule has 0 aliphatic rings. The van der Waals surface area contributed by atoms with Gasteiger partial charge in [-0.25, -0.2) is 9.97 Å². The number of hydrogen-bond donors (Lipinski definition) is 1. The van der Waals surface area contributed by atoms with E-state index in [1.165, 1.54) is 0 Å². The number of methoxy groups -OCH3 is 4. The van der Waals surface area contributed by atoms with E-state index in [4.69, 9.17) is 23.9 Å². The fourth-order valence-electron chi connectivity index (χ4n) is 3.64. The van der Waals surface area contributed by atoms with Gasteiger partial charge in [0.15, 0.2) is 23.0 Å². The van der Waals surface area contributed by atoms with Crippen molar-refractivity contribution in [1.29, 1.82) is 0 Å². The number of ether oxygens (including phenoxy) is 4. The Balaban J connectivity index is 1.91. The molecule has 7 heteroatoms. The van der Waals surface area contributed by atoms with Crippen molar-refractivity contribution in [3.8, 4) is 45.4 Å². The molecule has 164 valence electrons. The van der Waals surface area contributed by atoms with Gasteiger partial charge in [0.1, 0.15) is 0 Å². The van der Waals surface area contributed by atoms with Crippen molar-refractivity contribution < 1.29 is 18.9 Å². The predicted molar refractivity (Wildman–Crippen MR) is 126 cm³/mol. The molecule has 0 fully saturated rings. The van der Waals surface area contributed by atoms with Gasteiger partial charge in [-0.15, -0.1) is 0 Å². The summed E-state index contributed by atoms with van der Waals surface area (Å²) in [6.45, 7) is 0. The first kappa shape index (κ1) is 21.2. The number of benzene rings is 3. The molecule has 3 aromatic carbocycles. The lowest BCUT2D eigenvalue weighted by molar-refractivity contribution is 0.355. The molecule has 0 amide bonds. The van der Waals surface area contributed by atoms with E-state index in [0.717, 1.165) is 33.3 Å². The second kappa shape index (κ2) is 9.01. The molecular formula is C25H25N3O4. The Morgan fingerprint density at radius 3 is 1.72 bits per heavy atom. The van der Waals surface area contributed by atoms with Gasteiger partial charge in [0.2, 0.25) is 5.95 Å². The lowest BCUT2D eigenvalue weighted by atomic mass is 9.99. The Morgan fingerprint density at radius 2 is 1.12 bits per heavy atom. The van der Waals surface area contributed by atoms with Crippen LogP contribution in [0.25, 0.3) is 33.3 Å². The highest BCUT2D eigenvalue weighted by molar-refractivity contribution is 5.96. The number of fused-ring (bicyclic) bond motifs is 1. The van der Waals surface area contributed by atoms with Crippen molar-refractivity contribution in [2.24, 2.45) is 0 Å². The molecule has 1 aromatic heterocycles. The average molecular weight is 431 g/mol. The van der Waals surface area contributed by atoms with E-state index in [1.54, 1.807) is 35.5 Å². The monoisotopic (exact) mass is 431 g/mol. The molecule has 0 atom stereocenters. The van der Waals surface area contributed by atoms with Gasteiger partial charge in [-0.2, -0.15) is 0 Å². The summed E-state index contributed by atoms with van der Waals surface area (Å²) in [5, 5.41) is 3.97. The van der Waals surface area contributed by atoms with Crippen LogP contribution in [0.15, 0.2) is 54.6 Å². The molecule has 0 aliphatic heterocycles. The Morgan fingerprint density at radius 1 is 0.594 bits per heavy atom. The molecular weight excluding hydrogens is 406 g/mol. The summed E-state index contributed by atoms with van der Waals surface area (Å²) in [5.41, 5.74) is 4.54. The summed E-state index contributed by atoms with van der Waals surface area (Å²) in [4.78, 5) is 9.38. The molecule has 0 bridgehead atoms. The van der Waals surface area contributed by atoms with Crippen LogP contribution >= 0.6 is 0 Å². The second-order valence-corrected chi connectivity index (χ2v) is 7.02. The zero-order valence-electron chi connectivity index (χ0n) is 18.7. The van der Waals surface area contributed by atoms with Crippen molar-refractivity contribution in [1.82, 2.24) is 9.97 Å². The lowest BCUT2D eigenvalue weighted by Gasteiger charge is -2.13. The van der Waals surface area contributed by atoms with Crippen molar-refractivity contribution >= 4 is 16.9 Å². The van der Waals surface area contributed by atoms with E-state index in [9.17, 15) is 0 Å². The minimum atomic E-state index is 0.543. The number of nitrogens with zero attached hydrogens (tertiary/aromatic N) is 2. The summed E-state index contributed by atoms with van der Waals surface area (Å²) < 4.78 is 21.7. The molecule has 4 aromatic rings. The fourth-order valence-corrected chi connectivity index (χ4v) is 3.64. The minimum absolute atomic E-state index is 0.543. The predicted octanol–water partition coefficient (Wildman–Crippen LogP) is 5.04. The van der Waals surface area contributed by atoms with Crippen molar-refractivity contribution in [2.75, 3.05) is 40.8 Å². The molecule has 1 N–H and O–H groups in total. The summed E-state index contributed by atoms with van der Waals surface area (Å²) in [5.74, 6) is 3.20. The smallest absolute Gasteiger partial charge is 0.223 e. The SMILES string of the molecule is CNc1nc(-c2ccc(OC)c(OC)c2)c2cc(-c3ccc(OC)c(OC)c3)ccc2n1. The molecule has 0 unspecified atom stereocenters. The maximum absolute atomic E-state index is 5.50. The highest BCUT2D eigenvalue weighted by atomic mass is 16.5. The highest BCUT2D eigenvalue weighted by Gasteiger charge is 2.14. The average Bonchev–Trinajstić information content (AvgIpc) is 2.86. The van der Waals surface area contributed by atoms with E-state index < -0.39 is 0 Å². The van der Waals surface area contributed by atoms with Crippen LogP contribution in [0.4, 0.5) is 5.95 Å². The van der Waals surface area contributed by atoms with Crippen LogP contribution in [-0.2, 0) is 0 Å². The van der Waals surface area contributed by atoms with E-state index in [2.05, 4.69) is 16.4 Å². The Kier molecular flexibility index (Phi) is 5.98. The van der Waals surface area contributed by atoms with Crippen molar-refractivity contribution in [3.05, 3.63) is 54.6 Å². The van der Waals surface area contributed by atoms with Gasteiger partial charge in [-0.05, 0) is 53.6 Å². The van der Waals surface area contributed by atoms with Gasteiger partial charge in [0, 0.05) is 18.0 Å². The molecule has 0 saturated heterocycles. The van der Waals surface area contributed by atoms with Gasteiger partial charge in [-0.3, -0.25) is 0 Å². The molecule has 0 spiro atoms. The third kappa shape index (κ3) is 3.85. The Bertz CT molecular complexity index is 1270. The largest absolute Gasteiger partial charge is 0.493 e. The van der Waals surface area contributed by atoms with Gasteiger partial charge < -0.3 is 24.3 Å². The zero-order chi connectivity index (χ0) is 22.7. The number of aromatic nitrogens is 2. The van der Waals surface area contributed by atoms with Gasteiger partial charge >= 0.3 is 0 Å². The number of nitrogens with one attached hydrogen (secondary N) is 1. The van der Waals surface area contributed by atoms with Crippen LogP contribution in [0.5, 0.6) is 23.0 Å². The first-order chi connectivity index (χ1) is 15.6. The summed E-state index contributed by atoms with van der Waals surface area (Å²) >= 11 is 0. The van der Waals surface area contributed by atoms with Gasteiger partial charge in [0.05, 0.1) is 39.6 Å². The van der Waals surface area contributed by atoms with Crippen LogP contribution in [0.2, 0.25) is 0 Å². The normalized spacial score (nSPS) is 10.7. The van der Waals surface area contributed by atoms with Crippen LogP contribution in [0, 0.1) is 0 Å². The standard InChI is InChI=1S/C25H25N3O4/c1-26-25-27-19-9-6-15(16-7-10-20(29-2)22(13-16)31-4)12-18(19)24(28-25)17-8-11-21(30-3)23(14-17)32-5/h6-14H,1-5H3,(H,26,27,28). The highest BCUT2D eigenvalue weighted by Crippen LogP contribution is 2.37. The minimum Gasteiger partial charge on any atom is -0.493 e. The third-order valence-electron chi connectivity index (χ3n) is 5.29. The second-order valence-electron chi connectivity index (χ2n) is 7.02. The molecule has 4 rings (SSSR count). The van der Waals surface area contributed by atoms with Gasteiger partial charge in [-0.1, -0.05) is 12.1 Å². The summed E-state index contributed by atoms with van der Waals surface area (Å²) in [7, 11) is 8.29. The van der Waals surface area contributed by atoms with E-state index in [0.29, 0.717) is 28.9 Å². The summed E-state index contributed by atoms with van der Waals surface area (Å²) in [6, 6.07) is 17.7. The molecule has 1 heterocycles. The lowest BCUT2D eigenvalue weighted by Crippen LogP contribution is -2.00. The fraction of sp³-hybridized carbons (Fsp3) is 0.200. The van der Waals surface area contributed by atoms with Crippen molar-refractivity contribution in [3.63, 3.8) is 0 Å². The number of hydrogen-bond acceptors (Lipinski definition) is 7. The zero-order valence-corrected chi connectivity index (χ0v) is 18.7. The Hall–Kier alpha value is -4.00. The molecule has 7 nitrogen and oxygen atoms in total.